The Kier molecular flexibility index (Phi) is 3.94. The number of rotatable bonds is 4. The molecule has 4 nitrogen and oxygen atoms in total. The van der Waals surface area contributed by atoms with Gasteiger partial charge in [-0.2, -0.15) is 0 Å². The van der Waals surface area contributed by atoms with Crippen LogP contribution in [-0.2, 0) is 19.4 Å². The molecular formula is C16H18N2O2S. The second kappa shape index (κ2) is 5.87. The van der Waals surface area contributed by atoms with Gasteiger partial charge in [0.15, 0.2) is 0 Å². The van der Waals surface area contributed by atoms with Crippen molar-refractivity contribution in [3.63, 3.8) is 0 Å². The van der Waals surface area contributed by atoms with E-state index in [1.807, 2.05) is 41.8 Å². The normalized spacial score (nSPS) is 15.5. The lowest BCUT2D eigenvalue weighted by Gasteiger charge is -2.22. The van der Waals surface area contributed by atoms with E-state index in [1.54, 1.807) is 11.3 Å². The van der Waals surface area contributed by atoms with Crippen LogP contribution in [0.25, 0.3) is 0 Å². The summed E-state index contributed by atoms with van der Waals surface area (Å²) in [4.78, 5) is 12.9. The molecule has 21 heavy (non-hydrogen) atoms. The number of thiophene rings is 1. The minimum atomic E-state index is -0.871. The first-order valence-electron chi connectivity index (χ1n) is 6.98. The number of carbonyl (C=O) groups is 1. The summed E-state index contributed by atoms with van der Waals surface area (Å²) in [7, 11) is 0. The van der Waals surface area contributed by atoms with Crippen LogP contribution in [0.2, 0.25) is 0 Å². The number of fused-ring (bicyclic) bond motifs is 1. The molecule has 0 radical (unpaired) electrons. The number of hydrogen-bond acceptors (Lipinski definition) is 3. The van der Waals surface area contributed by atoms with Gasteiger partial charge in [-0.15, -0.1) is 11.3 Å². The van der Waals surface area contributed by atoms with Gasteiger partial charge in [0.05, 0.1) is 12.1 Å². The van der Waals surface area contributed by atoms with E-state index >= 15 is 0 Å². The molecule has 1 aliphatic carbocycles. The smallest absolute Gasteiger partial charge is 0.315 e. The third-order valence-corrected chi connectivity index (χ3v) is 4.62. The molecule has 0 atom stereocenters. The fourth-order valence-electron chi connectivity index (χ4n) is 2.69. The molecule has 0 bridgehead atoms. The zero-order valence-electron chi connectivity index (χ0n) is 11.6. The summed E-state index contributed by atoms with van der Waals surface area (Å²) in [6.45, 7) is 0.778. The highest BCUT2D eigenvalue weighted by Gasteiger charge is 2.35. The monoisotopic (exact) mass is 302 g/mol. The number of urea groups is 1. The van der Waals surface area contributed by atoms with E-state index < -0.39 is 5.60 Å². The summed E-state index contributed by atoms with van der Waals surface area (Å²) >= 11 is 1.61. The molecule has 5 heteroatoms. The summed E-state index contributed by atoms with van der Waals surface area (Å²) in [5.41, 5.74) is 1.46. The van der Waals surface area contributed by atoms with Gasteiger partial charge in [-0.25, -0.2) is 4.79 Å². The van der Waals surface area contributed by atoms with Crippen LogP contribution in [-0.4, -0.2) is 23.3 Å². The van der Waals surface area contributed by atoms with Gasteiger partial charge in [-0.3, -0.25) is 0 Å². The molecule has 0 fully saturated rings. The molecule has 1 heterocycles. The van der Waals surface area contributed by atoms with Gasteiger partial charge in [0.1, 0.15) is 0 Å². The van der Waals surface area contributed by atoms with Gasteiger partial charge in [-0.1, -0.05) is 30.3 Å². The Labute approximate surface area is 127 Å². The van der Waals surface area contributed by atoms with Crippen molar-refractivity contribution in [1.29, 1.82) is 0 Å². The predicted octanol–water partition coefficient (Wildman–Crippen LogP) is 2.08. The predicted molar refractivity (Wildman–Crippen MR) is 83.4 cm³/mol. The van der Waals surface area contributed by atoms with Crippen LogP contribution >= 0.6 is 11.3 Å². The van der Waals surface area contributed by atoms with E-state index in [-0.39, 0.29) is 12.6 Å². The van der Waals surface area contributed by atoms with Crippen molar-refractivity contribution in [3.05, 3.63) is 57.8 Å². The Hall–Kier alpha value is -1.85. The van der Waals surface area contributed by atoms with Crippen molar-refractivity contribution in [2.75, 3.05) is 6.54 Å². The quantitative estimate of drug-likeness (QED) is 0.810. The highest BCUT2D eigenvalue weighted by molar-refractivity contribution is 7.09. The zero-order valence-corrected chi connectivity index (χ0v) is 12.5. The molecule has 3 N–H and O–H groups in total. The number of amides is 2. The molecular weight excluding hydrogens is 284 g/mol. The van der Waals surface area contributed by atoms with E-state index in [1.165, 1.54) is 11.1 Å². The molecule has 0 aliphatic heterocycles. The number of benzene rings is 1. The molecule has 0 saturated heterocycles. The molecule has 1 aromatic carbocycles. The number of carbonyl (C=O) groups excluding carboxylic acids is 1. The molecule has 110 valence electrons. The van der Waals surface area contributed by atoms with Crippen LogP contribution < -0.4 is 10.6 Å². The van der Waals surface area contributed by atoms with Crippen LogP contribution in [0.15, 0.2) is 41.8 Å². The number of aliphatic hydroxyl groups is 1. The second-order valence-corrected chi connectivity index (χ2v) is 6.49. The highest BCUT2D eigenvalue weighted by atomic mass is 32.1. The van der Waals surface area contributed by atoms with E-state index in [0.717, 1.165) is 4.88 Å². The first-order valence-corrected chi connectivity index (χ1v) is 7.86. The largest absolute Gasteiger partial charge is 0.387 e. The fourth-order valence-corrected chi connectivity index (χ4v) is 3.33. The van der Waals surface area contributed by atoms with Crippen LogP contribution in [0.4, 0.5) is 4.79 Å². The van der Waals surface area contributed by atoms with Crippen LogP contribution in [0.3, 0.4) is 0 Å². The Bertz CT molecular complexity index is 600. The summed E-state index contributed by atoms with van der Waals surface area (Å²) in [6, 6.07) is 11.7. The maximum absolute atomic E-state index is 11.8. The standard InChI is InChI=1S/C16H18N2O2S/c19-15(17-10-14-6-3-7-21-14)18-11-16(20)8-12-4-1-2-5-13(12)9-16/h1-7,20H,8-11H2,(H2,17,18,19). The van der Waals surface area contributed by atoms with Gasteiger partial charge in [0.25, 0.3) is 0 Å². The minimum Gasteiger partial charge on any atom is -0.387 e. The molecule has 2 amide bonds. The lowest BCUT2D eigenvalue weighted by Crippen LogP contribution is -2.46. The molecule has 3 rings (SSSR count). The molecule has 2 aromatic rings. The molecule has 1 aliphatic rings. The third-order valence-electron chi connectivity index (χ3n) is 3.74. The van der Waals surface area contributed by atoms with E-state index in [4.69, 9.17) is 0 Å². The summed E-state index contributed by atoms with van der Waals surface area (Å²) < 4.78 is 0. The summed E-state index contributed by atoms with van der Waals surface area (Å²) in [5, 5.41) is 18.1. The van der Waals surface area contributed by atoms with Crippen molar-refractivity contribution < 1.29 is 9.90 Å². The zero-order chi connectivity index (χ0) is 14.7. The average Bonchev–Trinajstić information content (AvgIpc) is 3.09. The Balaban J connectivity index is 1.48. The van der Waals surface area contributed by atoms with Crippen molar-refractivity contribution in [1.82, 2.24) is 10.6 Å². The van der Waals surface area contributed by atoms with Gasteiger partial charge >= 0.3 is 6.03 Å². The highest BCUT2D eigenvalue weighted by Crippen LogP contribution is 2.29. The van der Waals surface area contributed by atoms with Gasteiger partial charge < -0.3 is 15.7 Å². The van der Waals surface area contributed by atoms with Crippen molar-refractivity contribution in [2.45, 2.75) is 25.0 Å². The van der Waals surface area contributed by atoms with Crippen molar-refractivity contribution in [2.24, 2.45) is 0 Å². The lowest BCUT2D eigenvalue weighted by atomic mass is 10.0. The Morgan fingerprint density at radius 3 is 2.48 bits per heavy atom. The van der Waals surface area contributed by atoms with Crippen LogP contribution in [0.5, 0.6) is 0 Å². The molecule has 1 aromatic heterocycles. The topological polar surface area (TPSA) is 61.4 Å². The maximum Gasteiger partial charge on any atom is 0.315 e. The SMILES string of the molecule is O=C(NCc1cccs1)NCC1(O)Cc2ccccc2C1. The third kappa shape index (κ3) is 3.43. The number of nitrogens with one attached hydrogen (secondary N) is 2. The maximum atomic E-state index is 11.8. The average molecular weight is 302 g/mol. The first-order chi connectivity index (χ1) is 10.1. The summed E-state index contributed by atoms with van der Waals surface area (Å²) in [5.74, 6) is 0. The molecule has 0 saturated carbocycles. The Morgan fingerprint density at radius 2 is 1.86 bits per heavy atom. The van der Waals surface area contributed by atoms with Crippen LogP contribution in [0, 0.1) is 0 Å². The second-order valence-electron chi connectivity index (χ2n) is 5.46. The lowest BCUT2D eigenvalue weighted by molar-refractivity contribution is 0.0536. The first kappa shape index (κ1) is 14.1. The van der Waals surface area contributed by atoms with Crippen molar-refractivity contribution in [3.8, 4) is 0 Å². The van der Waals surface area contributed by atoms with E-state index in [2.05, 4.69) is 10.6 Å². The van der Waals surface area contributed by atoms with Gasteiger partial charge in [0.2, 0.25) is 0 Å². The molecule has 0 spiro atoms. The fraction of sp³-hybridized carbons (Fsp3) is 0.312. The van der Waals surface area contributed by atoms with E-state index in [0.29, 0.717) is 19.4 Å². The van der Waals surface area contributed by atoms with Crippen LogP contribution in [0.1, 0.15) is 16.0 Å². The van der Waals surface area contributed by atoms with Crippen molar-refractivity contribution >= 4 is 17.4 Å². The minimum absolute atomic E-state index is 0.243. The Morgan fingerprint density at radius 1 is 1.14 bits per heavy atom. The number of hydrogen-bond donors (Lipinski definition) is 3. The summed E-state index contributed by atoms with van der Waals surface area (Å²) in [6.07, 6.45) is 1.18. The molecule has 0 unspecified atom stereocenters. The van der Waals surface area contributed by atoms with Gasteiger partial charge in [-0.05, 0) is 22.6 Å². The van der Waals surface area contributed by atoms with E-state index in [9.17, 15) is 9.90 Å². The van der Waals surface area contributed by atoms with Gasteiger partial charge in [0, 0.05) is 24.3 Å².